The first-order valence-electron chi connectivity index (χ1n) is 5.88. The van der Waals surface area contributed by atoms with Gasteiger partial charge in [-0.1, -0.05) is 22.0 Å². The maximum Gasteiger partial charge on any atom is 0.251 e. The van der Waals surface area contributed by atoms with Gasteiger partial charge >= 0.3 is 0 Å². The number of benzene rings is 1. The molecule has 100 valence electrons. The predicted octanol–water partition coefficient (Wildman–Crippen LogP) is 1.89. The summed E-state index contributed by atoms with van der Waals surface area (Å²) >= 11 is 3.40. The van der Waals surface area contributed by atoms with E-state index in [-0.39, 0.29) is 12.5 Å². The van der Waals surface area contributed by atoms with Crippen molar-refractivity contribution in [2.45, 2.75) is 13.3 Å². The Kier molecular flexibility index (Phi) is 6.93. The summed E-state index contributed by atoms with van der Waals surface area (Å²) in [6.45, 7) is 3.39. The summed E-state index contributed by atoms with van der Waals surface area (Å²) < 4.78 is 6.04. The lowest BCUT2D eigenvalue weighted by atomic mass is 10.1. The molecule has 1 amide bonds. The molecule has 0 saturated carbocycles. The second-order valence-corrected chi connectivity index (χ2v) is 4.71. The van der Waals surface area contributed by atoms with Crippen molar-refractivity contribution in [3.8, 4) is 0 Å². The molecule has 0 saturated heterocycles. The first-order valence-corrected chi connectivity index (χ1v) is 6.68. The highest BCUT2D eigenvalue weighted by Crippen LogP contribution is 2.19. The molecule has 2 N–H and O–H groups in total. The molecule has 0 aliphatic carbocycles. The second kappa shape index (κ2) is 8.24. The van der Waals surface area contributed by atoms with E-state index in [2.05, 4.69) is 21.2 Å². The summed E-state index contributed by atoms with van der Waals surface area (Å²) in [5.74, 6) is -0.0732. The van der Waals surface area contributed by atoms with Crippen LogP contribution in [0.5, 0.6) is 0 Å². The first kappa shape index (κ1) is 15.1. The number of aliphatic hydroxyl groups is 1. The summed E-state index contributed by atoms with van der Waals surface area (Å²) in [5, 5.41) is 11.4. The van der Waals surface area contributed by atoms with Crippen LogP contribution < -0.4 is 5.32 Å². The average Bonchev–Trinajstić information content (AvgIpc) is 2.36. The van der Waals surface area contributed by atoms with Crippen LogP contribution in [0.2, 0.25) is 0 Å². The highest BCUT2D eigenvalue weighted by Gasteiger charge is 2.09. The molecule has 0 aliphatic rings. The van der Waals surface area contributed by atoms with Crippen LogP contribution in [0.15, 0.2) is 22.7 Å². The van der Waals surface area contributed by atoms with Crippen LogP contribution in [0.3, 0.4) is 0 Å². The van der Waals surface area contributed by atoms with E-state index in [1.165, 1.54) is 0 Å². The van der Waals surface area contributed by atoms with Crippen LogP contribution in [-0.2, 0) is 4.74 Å². The van der Waals surface area contributed by atoms with Crippen LogP contribution in [0.1, 0.15) is 22.3 Å². The van der Waals surface area contributed by atoms with Gasteiger partial charge in [0.15, 0.2) is 0 Å². The topological polar surface area (TPSA) is 58.6 Å². The Hall–Kier alpha value is -0.910. The predicted molar refractivity (Wildman–Crippen MR) is 73.7 cm³/mol. The standard InChI is InChI=1S/C13H18BrNO3/c1-10-11(4-2-5-12(10)14)13(17)15-6-3-8-18-9-7-16/h2,4-5,16H,3,6-9H2,1H3,(H,15,17). The molecule has 0 atom stereocenters. The minimum Gasteiger partial charge on any atom is -0.394 e. The molecular formula is C13H18BrNO3. The van der Waals surface area contributed by atoms with E-state index in [0.29, 0.717) is 25.3 Å². The van der Waals surface area contributed by atoms with E-state index < -0.39 is 0 Å². The third-order valence-electron chi connectivity index (χ3n) is 2.50. The molecule has 0 aliphatic heterocycles. The van der Waals surface area contributed by atoms with Gasteiger partial charge in [-0.15, -0.1) is 0 Å². The van der Waals surface area contributed by atoms with Crippen LogP contribution in [0.25, 0.3) is 0 Å². The fourth-order valence-corrected chi connectivity index (χ4v) is 1.86. The molecule has 1 aromatic rings. The Morgan fingerprint density at radius 1 is 1.44 bits per heavy atom. The smallest absolute Gasteiger partial charge is 0.251 e. The van der Waals surface area contributed by atoms with Crippen LogP contribution in [0, 0.1) is 6.92 Å². The number of halogens is 1. The molecule has 18 heavy (non-hydrogen) atoms. The molecule has 0 spiro atoms. The summed E-state index contributed by atoms with van der Waals surface area (Å²) in [4.78, 5) is 11.9. The largest absolute Gasteiger partial charge is 0.394 e. The van der Waals surface area contributed by atoms with E-state index >= 15 is 0 Å². The van der Waals surface area contributed by atoms with Crippen LogP contribution in [0.4, 0.5) is 0 Å². The Morgan fingerprint density at radius 2 is 2.22 bits per heavy atom. The minimum absolute atomic E-state index is 0.0313. The maximum absolute atomic E-state index is 11.9. The number of rotatable bonds is 7. The Labute approximate surface area is 115 Å². The quantitative estimate of drug-likeness (QED) is 0.755. The molecule has 0 unspecified atom stereocenters. The lowest BCUT2D eigenvalue weighted by Gasteiger charge is -2.08. The van der Waals surface area contributed by atoms with Gasteiger partial charge in [0.05, 0.1) is 13.2 Å². The zero-order chi connectivity index (χ0) is 13.4. The monoisotopic (exact) mass is 315 g/mol. The van der Waals surface area contributed by atoms with Crippen LogP contribution in [-0.4, -0.2) is 37.4 Å². The lowest BCUT2D eigenvalue weighted by molar-refractivity contribution is 0.0867. The molecule has 1 aromatic carbocycles. The molecule has 1 rings (SSSR count). The van der Waals surface area contributed by atoms with Crippen molar-refractivity contribution in [3.63, 3.8) is 0 Å². The molecule has 0 heterocycles. The molecule has 5 heteroatoms. The second-order valence-electron chi connectivity index (χ2n) is 3.86. The molecule has 4 nitrogen and oxygen atoms in total. The SMILES string of the molecule is Cc1c(Br)cccc1C(=O)NCCCOCCO. The zero-order valence-corrected chi connectivity index (χ0v) is 12.0. The minimum atomic E-state index is -0.0732. The van der Waals surface area contributed by atoms with Crippen molar-refractivity contribution in [1.82, 2.24) is 5.32 Å². The highest BCUT2D eigenvalue weighted by atomic mass is 79.9. The van der Waals surface area contributed by atoms with Crippen LogP contribution >= 0.6 is 15.9 Å². The first-order chi connectivity index (χ1) is 8.66. The van der Waals surface area contributed by atoms with E-state index in [4.69, 9.17) is 9.84 Å². The Bertz CT molecular complexity index is 396. The van der Waals surface area contributed by atoms with Gasteiger partial charge in [0.25, 0.3) is 5.91 Å². The normalized spacial score (nSPS) is 10.4. The van der Waals surface area contributed by atoms with Crippen molar-refractivity contribution in [2.75, 3.05) is 26.4 Å². The van der Waals surface area contributed by atoms with Gasteiger partial charge in [-0.3, -0.25) is 4.79 Å². The maximum atomic E-state index is 11.9. The number of carbonyl (C=O) groups excluding carboxylic acids is 1. The number of ether oxygens (including phenoxy) is 1. The van der Waals surface area contributed by atoms with Gasteiger partial charge in [0, 0.05) is 23.2 Å². The van der Waals surface area contributed by atoms with Gasteiger partial charge in [0.2, 0.25) is 0 Å². The molecule has 0 aromatic heterocycles. The summed E-state index contributed by atoms with van der Waals surface area (Å²) in [6, 6.07) is 5.56. The van der Waals surface area contributed by atoms with Crippen molar-refractivity contribution in [2.24, 2.45) is 0 Å². The van der Waals surface area contributed by atoms with Crippen molar-refractivity contribution < 1.29 is 14.6 Å². The average molecular weight is 316 g/mol. The molecule has 0 fully saturated rings. The van der Waals surface area contributed by atoms with Gasteiger partial charge in [-0.05, 0) is 31.0 Å². The summed E-state index contributed by atoms with van der Waals surface area (Å²) in [5.41, 5.74) is 1.62. The van der Waals surface area contributed by atoms with E-state index in [9.17, 15) is 4.79 Å². The molecule has 0 bridgehead atoms. The number of aliphatic hydroxyl groups excluding tert-OH is 1. The van der Waals surface area contributed by atoms with E-state index in [0.717, 1.165) is 16.5 Å². The van der Waals surface area contributed by atoms with Crippen molar-refractivity contribution >= 4 is 21.8 Å². The zero-order valence-electron chi connectivity index (χ0n) is 10.4. The van der Waals surface area contributed by atoms with Crippen molar-refractivity contribution in [1.29, 1.82) is 0 Å². The number of carbonyl (C=O) groups is 1. The fourth-order valence-electron chi connectivity index (χ4n) is 1.49. The van der Waals surface area contributed by atoms with Gasteiger partial charge < -0.3 is 15.2 Å². The molecular weight excluding hydrogens is 298 g/mol. The number of nitrogens with one attached hydrogen (secondary N) is 1. The van der Waals surface area contributed by atoms with Gasteiger partial charge in [-0.25, -0.2) is 0 Å². The van der Waals surface area contributed by atoms with Gasteiger partial charge in [0.1, 0.15) is 0 Å². The summed E-state index contributed by atoms with van der Waals surface area (Å²) in [7, 11) is 0. The van der Waals surface area contributed by atoms with E-state index in [1.54, 1.807) is 6.07 Å². The third kappa shape index (κ3) is 4.76. The van der Waals surface area contributed by atoms with Gasteiger partial charge in [-0.2, -0.15) is 0 Å². The lowest BCUT2D eigenvalue weighted by Crippen LogP contribution is -2.26. The Morgan fingerprint density at radius 3 is 2.94 bits per heavy atom. The molecule has 0 radical (unpaired) electrons. The number of hydrogen-bond donors (Lipinski definition) is 2. The third-order valence-corrected chi connectivity index (χ3v) is 3.36. The highest BCUT2D eigenvalue weighted by molar-refractivity contribution is 9.10. The van der Waals surface area contributed by atoms with Crippen molar-refractivity contribution in [3.05, 3.63) is 33.8 Å². The van der Waals surface area contributed by atoms with E-state index in [1.807, 2.05) is 19.1 Å². The number of amides is 1. The summed E-state index contributed by atoms with van der Waals surface area (Å²) in [6.07, 6.45) is 0.735. The fraction of sp³-hybridized carbons (Fsp3) is 0.462. The number of hydrogen-bond acceptors (Lipinski definition) is 3. The Balaban J connectivity index is 2.35.